The normalized spacial score (nSPS) is 12.8. The minimum atomic E-state index is -0.717. The predicted octanol–water partition coefficient (Wildman–Crippen LogP) is 16.6. The number of phenols is 1. The summed E-state index contributed by atoms with van der Waals surface area (Å²) < 4.78 is 11.0. The molecule has 0 saturated carbocycles. The summed E-state index contributed by atoms with van der Waals surface area (Å²) in [4.78, 5) is 10.6. The van der Waals surface area contributed by atoms with Crippen LogP contribution in [0.5, 0.6) is 5.75 Å². The largest absolute Gasteiger partial charge is 0.507 e. The van der Waals surface area contributed by atoms with Crippen molar-refractivity contribution >= 4 is 11.0 Å². The van der Waals surface area contributed by atoms with Crippen molar-refractivity contribution < 1.29 is 27.5 Å². The van der Waals surface area contributed by atoms with Crippen LogP contribution >= 0.6 is 0 Å². The van der Waals surface area contributed by atoms with Gasteiger partial charge in [0, 0.05) is 45.5 Å². The molecule has 8 rings (SSSR count). The van der Waals surface area contributed by atoms with Gasteiger partial charge in [0.05, 0.1) is 22.3 Å². The monoisotopic (exact) mass is 1050 g/mol. The van der Waals surface area contributed by atoms with Crippen LogP contribution in [0, 0.1) is 6.07 Å². The number of imidazole rings is 1. The second-order valence-electron chi connectivity index (χ2n) is 22.2. The average Bonchev–Trinajstić information content (AvgIpc) is 3.64. The first-order chi connectivity index (χ1) is 30.8. The number of hydrogen-bond donors (Lipinski definition) is 1. The zero-order chi connectivity index (χ0) is 47.7. The summed E-state index contributed by atoms with van der Waals surface area (Å²) >= 11 is 0. The van der Waals surface area contributed by atoms with E-state index in [1.165, 1.54) is 5.56 Å². The van der Waals surface area contributed by atoms with E-state index in [0.717, 1.165) is 83.6 Å². The second-order valence-corrected chi connectivity index (χ2v) is 22.2. The van der Waals surface area contributed by atoms with E-state index in [9.17, 15) is 5.11 Å². The van der Waals surface area contributed by atoms with Crippen LogP contribution < -0.4 is 0 Å². The van der Waals surface area contributed by atoms with Gasteiger partial charge in [-0.2, -0.15) is 0 Å². The van der Waals surface area contributed by atoms with Crippen molar-refractivity contribution in [1.29, 1.82) is 0 Å². The molecular weight excluding hydrogens is 986 g/mol. The molecule has 6 aromatic carbocycles. The standard InChI is InChI=1S/C61H66N3O.Pt/c1-38(2)40-22-18-23-41(30-40)42-28-29-62-52(34-42)44-31-43(32-46(33-44)59(6,7)8)48-24-19-25-54-55(48)63-57(50-36-47(60(9,10)11)37-51(56(50)65)61(12,13)14)64(54)53-27-26-45(58(3,4)5)35-49(53)39-20-16-15-17-21-39;/h15-30,32-38,65H,1-14H3;/q-1;/i38D;. The number of benzene rings is 6. The number of phenolic OH excluding ortho intramolecular Hbond substituents is 1. The maximum absolute atomic E-state index is 12.6. The van der Waals surface area contributed by atoms with Crippen LogP contribution in [0.3, 0.4) is 0 Å². The summed E-state index contributed by atoms with van der Waals surface area (Å²) in [5.41, 5.74) is 15.8. The number of aromatic nitrogens is 3. The zero-order valence-corrected chi connectivity index (χ0v) is 43.6. The summed E-state index contributed by atoms with van der Waals surface area (Å²) in [5, 5.41) is 12.6. The number of para-hydroxylation sites is 1. The van der Waals surface area contributed by atoms with Gasteiger partial charge in [0.1, 0.15) is 11.6 Å². The Hall–Kier alpha value is -5.57. The van der Waals surface area contributed by atoms with Crippen molar-refractivity contribution in [2.45, 2.75) is 124 Å². The molecule has 2 heterocycles. The van der Waals surface area contributed by atoms with Crippen LogP contribution in [0.2, 0.25) is 0 Å². The van der Waals surface area contributed by atoms with Gasteiger partial charge in [-0.3, -0.25) is 9.55 Å². The molecule has 0 aliphatic rings. The van der Waals surface area contributed by atoms with Gasteiger partial charge in [-0.25, -0.2) is 4.98 Å². The second kappa shape index (κ2) is 17.9. The van der Waals surface area contributed by atoms with Gasteiger partial charge in [-0.1, -0.05) is 193 Å². The SMILES string of the molecule is [2H]C(C)(C)c1cccc(-c2ccnc(-c3[c-]c(-c4cccc5c4nc(-c4cc(C(C)(C)C)cc(C(C)(C)C)c4O)n5-c4ccc(C(C)(C)C)cc4-c4ccccc4)cc(C(C)(C)C)c3)c2)c1.[Pt]. The topological polar surface area (TPSA) is 50.9 Å². The summed E-state index contributed by atoms with van der Waals surface area (Å²) in [6, 6.07) is 48.9. The molecule has 0 radical (unpaired) electrons. The van der Waals surface area contributed by atoms with Crippen LogP contribution in [0.15, 0.2) is 134 Å². The molecule has 0 bridgehead atoms. The Morgan fingerprint density at radius 2 is 1.17 bits per heavy atom. The first-order valence-electron chi connectivity index (χ1n) is 23.5. The van der Waals surface area contributed by atoms with Gasteiger partial charge in [-0.05, 0) is 91.3 Å². The Kier molecular flexibility index (Phi) is 12.7. The van der Waals surface area contributed by atoms with E-state index < -0.39 is 5.89 Å². The molecule has 1 N–H and O–H groups in total. The summed E-state index contributed by atoms with van der Waals surface area (Å²) in [5.74, 6) is 0.199. The fourth-order valence-corrected chi connectivity index (χ4v) is 8.65. The van der Waals surface area contributed by atoms with Gasteiger partial charge < -0.3 is 5.11 Å². The molecule has 342 valence electrons. The van der Waals surface area contributed by atoms with E-state index in [1.807, 2.05) is 38.2 Å². The van der Waals surface area contributed by atoms with Gasteiger partial charge >= 0.3 is 0 Å². The number of rotatable bonds is 7. The molecule has 0 atom stereocenters. The maximum atomic E-state index is 12.6. The minimum absolute atomic E-state index is 0. The smallest absolute Gasteiger partial charge is 0.148 e. The van der Waals surface area contributed by atoms with Crippen LogP contribution in [0.4, 0.5) is 0 Å². The van der Waals surface area contributed by atoms with Crippen molar-refractivity contribution in [1.82, 2.24) is 14.5 Å². The zero-order valence-electron chi connectivity index (χ0n) is 42.3. The van der Waals surface area contributed by atoms with E-state index in [1.54, 1.807) is 0 Å². The Morgan fingerprint density at radius 3 is 1.82 bits per heavy atom. The molecule has 0 aliphatic carbocycles. The molecule has 0 spiro atoms. The predicted molar refractivity (Wildman–Crippen MR) is 275 cm³/mol. The molecule has 0 unspecified atom stereocenters. The third-order valence-corrected chi connectivity index (χ3v) is 12.7. The third kappa shape index (κ3) is 9.63. The van der Waals surface area contributed by atoms with Gasteiger partial charge in [0.2, 0.25) is 0 Å². The average molecular weight is 1050 g/mol. The summed E-state index contributed by atoms with van der Waals surface area (Å²) in [7, 11) is 0. The van der Waals surface area contributed by atoms with Crippen molar-refractivity contribution in [2.24, 2.45) is 0 Å². The van der Waals surface area contributed by atoms with Crippen molar-refractivity contribution in [3.8, 4) is 67.5 Å². The Balaban J connectivity index is 0.00000666. The molecule has 4 nitrogen and oxygen atoms in total. The third-order valence-electron chi connectivity index (χ3n) is 12.7. The molecule has 0 saturated heterocycles. The first-order valence-corrected chi connectivity index (χ1v) is 23.0. The number of fused-ring (bicyclic) bond motifs is 1. The number of hydrogen-bond acceptors (Lipinski definition) is 3. The van der Waals surface area contributed by atoms with E-state index in [-0.39, 0.29) is 48.5 Å². The summed E-state index contributed by atoms with van der Waals surface area (Å²) in [6.07, 6.45) is 1.87. The molecule has 0 fully saturated rings. The van der Waals surface area contributed by atoms with E-state index >= 15 is 0 Å². The van der Waals surface area contributed by atoms with Crippen LogP contribution in [-0.2, 0) is 42.7 Å². The van der Waals surface area contributed by atoms with Gasteiger partial charge in [-0.15, -0.1) is 29.3 Å². The fourth-order valence-electron chi connectivity index (χ4n) is 8.65. The number of aromatic hydroxyl groups is 1. The van der Waals surface area contributed by atoms with Crippen LogP contribution in [0.1, 0.15) is 132 Å². The fraction of sp³-hybridized carbons (Fsp3) is 0.311. The molecule has 0 aliphatic heterocycles. The Morgan fingerprint density at radius 1 is 0.561 bits per heavy atom. The van der Waals surface area contributed by atoms with Crippen molar-refractivity contribution in [3.63, 3.8) is 0 Å². The van der Waals surface area contributed by atoms with E-state index in [2.05, 4.69) is 203 Å². The quantitative estimate of drug-likeness (QED) is 0.162. The van der Waals surface area contributed by atoms with Crippen LogP contribution in [0.25, 0.3) is 72.7 Å². The Labute approximate surface area is 410 Å². The first kappa shape index (κ1) is 46.9. The number of nitrogens with zero attached hydrogens (tertiary/aromatic N) is 3. The molecule has 0 amide bonds. The minimum Gasteiger partial charge on any atom is -0.507 e. The van der Waals surface area contributed by atoms with Gasteiger partial charge in [0.25, 0.3) is 0 Å². The summed E-state index contributed by atoms with van der Waals surface area (Å²) in [6.45, 7) is 30.5. The Bertz CT molecular complexity index is 3110. The number of pyridine rings is 1. The van der Waals surface area contributed by atoms with E-state index in [0.29, 0.717) is 11.4 Å². The maximum Gasteiger partial charge on any atom is 0.148 e. The molecule has 8 aromatic rings. The van der Waals surface area contributed by atoms with Crippen molar-refractivity contribution in [3.05, 3.63) is 167 Å². The molecule has 66 heavy (non-hydrogen) atoms. The molecule has 2 aromatic heterocycles. The van der Waals surface area contributed by atoms with E-state index in [4.69, 9.17) is 11.3 Å². The van der Waals surface area contributed by atoms with Gasteiger partial charge in [0.15, 0.2) is 0 Å². The molecule has 5 heteroatoms. The van der Waals surface area contributed by atoms with Crippen LogP contribution in [-0.4, -0.2) is 19.6 Å². The van der Waals surface area contributed by atoms with Crippen molar-refractivity contribution in [2.75, 3.05) is 0 Å². The molecular formula is C61H66N3OPt-.